The molecular formula is C17H15F3N4OS. The second-order valence-electron chi connectivity index (χ2n) is 5.17. The van der Waals surface area contributed by atoms with Gasteiger partial charge in [-0.2, -0.15) is 18.3 Å². The highest BCUT2D eigenvalue weighted by molar-refractivity contribution is 7.80. The number of carbonyl (C=O) groups is 1. The molecule has 0 fully saturated rings. The van der Waals surface area contributed by atoms with Gasteiger partial charge in [-0.3, -0.25) is 10.2 Å². The monoisotopic (exact) mass is 380 g/mol. The molecule has 0 aliphatic rings. The van der Waals surface area contributed by atoms with Crippen molar-refractivity contribution in [1.82, 2.24) is 5.43 Å². The Morgan fingerprint density at radius 3 is 2.35 bits per heavy atom. The van der Waals surface area contributed by atoms with Crippen molar-refractivity contribution in [3.05, 3.63) is 59.7 Å². The SMILES string of the molecule is CC(=O)Nc1ccc(/C=N\NC(=S)Nc2ccccc2C(F)(F)F)cc1. The predicted molar refractivity (Wildman–Crippen MR) is 99.1 cm³/mol. The van der Waals surface area contributed by atoms with Crippen LogP contribution in [-0.2, 0) is 11.0 Å². The van der Waals surface area contributed by atoms with E-state index < -0.39 is 11.7 Å². The van der Waals surface area contributed by atoms with Crippen molar-refractivity contribution in [2.24, 2.45) is 5.10 Å². The number of rotatable bonds is 4. The van der Waals surface area contributed by atoms with E-state index in [1.807, 2.05) is 0 Å². The van der Waals surface area contributed by atoms with Crippen LogP contribution in [0.15, 0.2) is 53.6 Å². The lowest BCUT2D eigenvalue weighted by atomic mass is 10.2. The van der Waals surface area contributed by atoms with Gasteiger partial charge in [-0.15, -0.1) is 0 Å². The number of hydrogen-bond acceptors (Lipinski definition) is 3. The molecule has 9 heteroatoms. The fourth-order valence-electron chi connectivity index (χ4n) is 2.01. The fourth-order valence-corrected chi connectivity index (χ4v) is 2.17. The van der Waals surface area contributed by atoms with Crippen LogP contribution in [0, 0.1) is 0 Å². The van der Waals surface area contributed by atoms with Crippen LogP contribution in [0.25, 0.3) is 0 Å². The average molecular weight is 380 g/mol. The number of thiocarbonyl (C=S) groups is 1. The van der Waals surface area contributed by atoms with Crippen LogP contribution in [-0.4, -0.2) is 17.2 Å². The highest BCUT2D eigenvalue weighted by Crippen LogP contribution is 2.34. The normalized spacial score (nSPS) is 11.2. The summed E-state index contributed by atoms with van der Waals surface area (Å²) in [6.07, 6.45) is -3.04. The number of amides is 1. The van der Waals surface area contributed by atoms with Gasteiger partial charge in [0.1, 0.15) is 0 Å². The quantitative estimate of drug-likeness (QED) is 0.426. The number of hydrogen-bond donors (Lipinski definition) is 3. The van der Waals surface area contributed by atoms with Gasteiger partial charge in [0.2, 0.25) is 5.91 Å². The minimum Gasteiger partial charge on any atom is -0.331 e. The largest absolute Gasteiger partial charge is 0.418 e. The maximum atomic E-state index is 12.9. The van der Waals surface area contributed by atoms with Gasteiger partial charge in [-0.1, -0.05) is 24.3 Å². The van der Waals surface area contributed by atoms with Crippen molar-refractivity contribution in [2.75, 3.05) is 10.6 Å². The molecule has 26 heavy (non-hydrogen) atoms. The molecule has 0 atom stereocenters. The van der Waals surface area contributed by atoms with Gasteiger partial charge in [0.05, 0.1) is 17.5 Å². The molecule has 0 aliphatic carbocycles. The molecule has 5 nitrogen and oxygen atoms in total. The number of nitrogens with one attached hydrogen (secondary N) is 3. The van der Waals surface area contributed by atoms with E-state index in [0.29, 0.717) is 11.3 Å². The summed E-state index contributed by atoms with van der Waals surface area (Å²) in [6.45, 7) is 1.41. The topological polar surface area (TPSA) is 65.5 Å². The summed E-state index contributed by atoms with van der Waals surface area (Å²) in [5, 5.41) is 8.90. The lowest BCUT2D eigenvalue weighted by Gasteiger charge is -2.14. The molecule has 136 valence electrons. The van der Waals surface area contributed by atoms with Crippen LogP contribution in [0.3, 0.4) is 0 Å². The van der Waals surface area contributed by atoms with Gasteiger partial charge in [0.25, 0.3) is 0 Å². The van der Waals surface area contributed by atoms with Crippen molar-refractivity contribution < 1.29 is 18.0 Å². The van der Waals surface area contributed by atoms with Crippen LogP contribution in [0.2, 0.25) is 0 Å². The summed E-state index contributed by atoms with van der Waals surface area (Å²) in [5.41, 5.74) is 2.84. The van der Waals surface area contributed by atoms with Crippen molar-refractivity contribution >= 4 is 40.8 Å². The smallest absolute Gasteiger partial charge is 0.331 e. The summed E-state index contributed by atoms with van der Waals surface area (Å²) in [5.74, 6) is -0.177. The zero-order chi connectivity index (χ0) is 19.2. The third kappa shape index (κ3) is 5.85. The zero-order valence-corrected chi connectivity index (χ0v) is 14.4. The highest BCUT2D eigenvalue weighted by Gasteiger charge is 2.33. The molecule has 0 saturated heterocycles. The Balaban J connectivity index is 1.95. The van der Waals surface area contributed by atoms with Gasteiger partial charge >= 0.3 is 6.18 Å². The molecule has 0 heterocycles. The Morgan fingerprint density at radius 1 is 1.08 bits per heavy atom. The van der Waals surface area contributed by atoms with E-state index in [4.69, 9.17) is 12.2 Å². The summed E-state index contributed by atoms with van der Waals surface area (Å²) in [6, 6.07) is 11.8. The first-order valence-corrected chi connectivity index (χ1v) is 7.80. The van der Waals surface area contributed by atoms with Gasteiger partial charge < -0.3 is 10.6 Å². The van der Waals surface area contributed by atoms with E-state index in [-0.39, 0.29) is 16.7 Å². The van der Waals surface area contributed by atoms with Crippen LogP contribution in [0.5, 0.6) is 0 Å². The average Bonchev–Trinajstić information content (AvgIpc) is 2.55. The van der Waals surface area contributed by atoms with E-state index in [1.54, 1.807) is 24.3 Å². The van der Waals surface area contributed by atoms with E-state index >= 15 is 0 Å². The molecule has 0 unspecified atom stereocenters. The van der Waals surface area contributed by atoms with Gasteiger partial charge in [0.15, 0.2) is 5.11 Å². The van der Waals surface area contributed by atoms with Crippen molar-refractivity contribution in [3.63, 3.8) is 0 Å². The summed E-state index contributed by atoms with van der Waals surface area (Å²) < 4.78 is 38.8. The third-order valence-electron chi connectivity index (χ3n) is 3.09. The molecule has 0 aliphatic heterocycles. The Kier molecular flexibility index (Phi) is 6.29. The van der Waals surface area contributed by atoms with Crippen molar-refractivity contribution in [1.29, 1.82) is 0 Å². The number of anilines is 2. The number of halogens is 3. The molecule has 2 aromatic carbocycles. The van der Waals surface area contributed by atoms with Gasteiger partial charge in [0, 0.05) is 12.6 Å². The lowest BCUT2D eigenvalue weighted by molar-refractivity contribution is -0.136. The molecule has 1 amide bonds. The minimum atomic E-state index is -4.49. The number of alkyl halides is 3. The van der Waals surface area contributed by atoms with Crippen molar-refractivity contribution in [2.45, 2.75) is 13.1 Å². The molecule has 0 saturated carbocycles. The van der Waals surface area contributed by atoms with Crippen LogP contribution in [0.1, 0.15) is 18.1 Å². The first-order valence-electron chi connectivity index (χ1n) is 7.39. The predicted octanol–water partition coefficient (Wildman–Crippen LogP) is 3.98. The van der Waals surface area contributed by atoms with Crippen LogP contribution < -0.4 is 16.1 Å². The molecule has 0 bridgehead atoms. The van der Waals surface area contributed by atoms with Gasteiger partial charge in [-0.25, -0.2) is 0 Å². The van der Waals surface area contributed by atoms with Crippen molar-refractivity contribution in [3.8, 4) is 0 Å². The third-order valence-corrected chi connectivity index (χ3v) is 3.28. The molecular weight excluding hydrogens is 365 g/mol. The Labute approximate surface area is 153 Å². The second kappa shape index (κ2) is 8.43. The summed E-state index contributed by atoms with van der Waals surface area (Å²) >= 11 is 4.95. The Morgan fingerprint density at radius 2 is 1.73 bits per heavy atom. The molecule has 2 aromatic rings. The highest BCUT2D eigenvalue weighted by atomic mass is 32.1. The summed E-state index contributed by atoms with van der Waals surface area (Å²) in [7, 11) is 0. The first kappa shape index (κ1) is 19.4. The molecule has 0 spiro atoms. The number of para-hydroxylation sites is 1. The summed E-state index contributed by atoms with van der Waals surface area (Å²) in [4.78, 5) is 10.9. The maximum Gasteiger partial charge on any atom is 0.418 e. The Hall–Kier alpha value is -2.94. The first-order chi connectivity index (χ1) is 12.3. The molecule has 0 radical (unpaired) electrons. The minimum absolute atomic E-state index is 0.0761. The number of nitrogens with zero attached hydrogens (tertiary/aromatic N) is 1. The molecule has 0 aromatic heterocycles. The number of carbonyl (C=O) groups excluding carboxylic acids is 1. The Bertz CT molecular complexity index is 820. The molecule has 3 N–H and O–H groups in total. The van der Waals surface area contributed by atoms with E-state index in [0.717, 1.165) is 6.07 Å². The fraction of sp³-hybridized carbons (Fsp3) is 0.118. The van der Waals surface area contributed by atoms with Gasteiger partial charge in [-0.05, 0) is 42.0 Å². The lowest BCUT2D eigenvalue weighted by Crippen LogP contribution is -2.25. The number of benzene rings is 2. The molecule has 2 rings (SSSR count). The zero-order valence-electron chi connectivity index (χ0n) is 13.6. The van der Waals surface area contributed by atoms with Crippen LogP contribution in [0.4, 0.5) is 24.5 Å². The van der Waals surface area contributed by atoms with E-state index in [1.165, 1.54) is 31.3 Å². The number of hydrazone groups is 1. The van der Waals surface area contributed by atoms with E-state index in [2.05, 4.69) is 21.2 Å². The second-order valence-corrected chi connectivity index (χ2v) is 5.58. The standard InChI is InChI=1S/C17H15F3N4OS/c1-11(25)22-13-8-6-12(7-9-13)10-21-24-16(26)23-15-5-3-2-4-14(15)17(18,19)20/h2-10H,1H3,(H,22,25)(H2,23,24,26)/b21-10-. The maximum absolute atomic E-state index is 12.9. The van der Waals surface area contributed by atoms with E-state index in [9.17, 15) is 18.0 Å². The van der Waals surface area contributed by atoms with Crippen LogP contribution >= 0.6 is 12.2 Å².